The van der Waals surface area contributed by atoms with Crippen LogP contribution in [0, 0.1) is 22.7 Å². The molecule has 2 fully saturated rings. The van der Waals surface area contributed by atoms with Gasteiger partial charge in [-0.3, -0.25) is 9.59 Å². The van der Waals surface area contributed by atoms with Crippen LogP contribution < -0.4 is 20.1 Å². The molecule has 0 saturated heterocycles. The highest BCUT2D eigenvalue weighted by molar-refractivity contribution is 5.85. The lowest BCUT2D eigenvalue weighted by atomic mass is 9.72. The molecule has 2 saturated carbocycles. The van der Waals surface area contributed by atoms with Crippen LogP contribution in [0.5, 0.6) is 11.5 Å². The lowest BCUT2D eigenvalue weighted by molar-refractivity contribution is -0.159. The van der Waals surface area contributed by atoms with Crippen LogP contribution in [0.2, 0.25) is 0 Å². The van der Waals surface area contributed by atoms with Crippen molar-refractivity contribution in [1.29, 1.82) is 0 Å². The maximum atomic E-state index is 13.6. The van der Waals surface area contributed by atoms with Crippen LogP contribution in [0.15, 0.2) is 72.8 Å². The van der Waals surface area contributed by atoms with Gasteiger partial charge in [-0.1, -0.05) is 77.9 Å². The summed E-state index contributed by atoms with van der Waals surface area (Å²) >= 11 is 0. The van der Waals surface area contributed by atoms with Crippen LogP contribution >= 0.6 is 0 Å². The molecule has 0 amide bonds. The van der Waals surface area contributed by atoms with Gasteiger partial charge in [-0.15, -0.1) is 0 Å². The molecule has 4 aromatic carbocycles. The lowest BCUT2D eigenvalue weighted by Crippen LogP contribution is -2.35. The molecule has 0 radical (unpaired) electrons. The van der Waals surface area contributed by atoms with Gasteiger partial charge in [0.2, 0.25) is 0 Å². The number of benzene rings is 4. The third kappa shape index (κ3) is 15.2. The van der Waals surface area contributed by atoms with E-state index in [1.54, 1.807) is 24.3 Å². The molecule has 0 aromatic heterocycles. The summed E-state index contributed by atoms with van der Waals surface area (Å²) in [7, 11) is 1.21. The van der Waals surface area contributed by atoms with Gasteiger partial charge in [-0.2, -0.15) is 26.3 Å². The largest absolute Gasteiger partial charge is 0.490 e. The Morgan fingerprint density at radius 1 is 0.569 bits per heavy atom. The van der Waals surface area contributed by atoms with Gasteiger partial charge < -0.3 is 30.0 Å². The molecule has 0 heterocycles. The second-order valence-electron chi connectivity index (χ2n) is 19.8. The van der Waals surface area contributed by atoms with Gasteiger partial charge in [0.25, 0.3) is 0 Å². The molecule has 3 N–H and O–H groups in total. The molecule has 0 aliphatic heterocycles. The fraction of sp³-hybridized carbons (Fsp3) is 0.569. The van der Waals surface area contributed by atoms with Gasteiger partial charge in [0.05, 0.1) is 32.2 Å². The van der Waals surface area contributed by atoms with Crippen molar-refractivity contribution < 1.29 is 55.2 Å². The Morgan fingerprint density at radius 3 is 1.26 bits per heavy atom. The van der Waals surface area contributed by atoms with Crippen LogP contribution in [-0.2, 0) is 14.3 Å². The van der Waals surface area contributed by atoms with E-state index in [1.165, 1.54) is 31.4 Å². The first-order valence-electron chi connectivity index (χ1n) is 22.7. The molecule has 2 atom stereocenters. The molecule has 358 valence electrons. The summed E-state index contributed by atoms with van der Waals surface area (Å²) in [6.45, 7) is 13.3. The number of carbonyl (C=O) groups excluding carboxylic acids is 1. The van der Waals surface area contributed by atoms with Crippen molar-refractivity contribution in [2.45, 2.75) is 142 Å². The van der Waals surface area contributed by atoms with E-state index >= 15 is 0 Å². The number of hydrogen-bond donors (Lipinski definition) is 3. The van der Waals surface area contributed by atoms with Crippen molar-refractivity contribution in [3.63, 3.8) is 0 Å². The normalized spacial score (nSPS) is 20.6. The van der Waals surface area contributed by atoms with E-state index < -0.39 is 36.4 Å². The van der Waals surface area contributed by atoms with Crippen molar-refractivity contribution in [2.24, 2.45) is 22.7 Å². The van der Waals surface area contributed by atoms with Gasteiger partial charge in [-0.05, 0) is 143 Å². The smallest absolute Gasteiger partial charge is 0.407 e. The number of carbonyl (C=O) groups is 2. The number of rotatable bonds is 14. The van der Waals surface area contributed by atoms with Crippen molar-refractivity contribution in [2.75, 3.05) is 20.2 Å². The molecule has 8 nitrogen and oxygen atoms in total. The molecule has 0 spiro atoms. The molecule has 2 aliphatic rings. The summed E-state index contributed by atoms with van der Waals surface area (Å²) in [5, 5.41) is 16.5. The Balaban J connectivity index is 0.000000244. The molecule has 4 aromatic rings. The molecule has 14 heteroatoms. The van der Waals surface area contributed by atoms with E-state index in [2.05, 4.69) is 56.9 Å². The van der Waals surface area contributed by atoms with Crippen molar-refractivity contribution >= 4 is 33.5 Å². The Hall–Kier alpha value is -4.56. The number of nitrogens with one attached hydrogen (secondary N) is 2. The minimum atomic E-state index is -4.53. The Bertz CT molecular complexity index is 2180. The van der Waals surface area contributed by atoms with E-state index in [0.717, 1.165) is 73.6 Å². The maximum absolute atomic E-state index is 13.6. The third-order valence-electron chi connectivity index (χ3n) is 13.0. The quantitative estimate of drug-likeness (QED) is 0.0848. The van der Waals surface area contributed by atoms with Gasteiger partial charge in [-0.25, -0.2) is 0 Å². The SMILES string of the molecule is CC(C)(C)C1CCC(Oc2ccc3cc(C(NCCC(=O)O)C(F)(F)F)ccc3c2)CC1.COC(=O)CCNC(c1ccc2cc(OC3CCC(C(C)(C)C)CC3)ccc2c1)C(F)(F)F. The van der Waals surface area contributed by atoms with Gasteiger partial charge in [0, 0.05) is 13.1 Å². The highest BCUT2D eigenvalue weighted by Crippen LogP contribution is 2.41. The first-order chi connectivity index (χ1) is 30.4. The van der Waals surface area contributed by atoms with E-state index in [1.807, 2.05) is 24.3 Å². The number of methoxy groups -OCH3 is 1. The summed E-state index contributed by atoms with van der Waals surface area (Å²) < 4.78 is 98.4. The van der Waals surface area contributed by atoms with Crippen LogP contribution in [0.25, 0.3) is 21.5 Å². The molecule has 2 unspecified atom stereocenters. The van der Waals surface area contributed by atoms with Crippen molar-refractivity contribution in [3.05, 3.63) is 83.9 Å². The second-order valence-corrected chi connectivity index (χ2v) is 19.8. The molecule has 65 heavy (non-hydrogen) atoms. The number of carboxylic acid groups (broad SMARTS) is 1. The van der Waals surface area contributed by atoms with Gasteiger partial charge in [0.1, 0.15) is 23.6 Å². The fourth-order valence-corrected chi connectivity index (χ4v) is 9.06. The number of ether oxygens (including phenoxy) is 3. The minimum absolute atomic E-state index is 0.0598. The van der Waals surface area contributed by atoms with E-state index in [-0.39, 0.29) is 49.3 Å². The summed E-state index contributed by atoms with van der Waals surface area (Å²) in [6.07, 6.45) is -0.563. The number of alkyl halides is 6. The monoisotopic (exact) mass is 916 g/mol. The molecular formula is C51H66F6N2O6. The molecule has 0 bridgehead atoms. The third-order valence-corrected chi connectivity index (χ3v) is 13.0. The molecule has 6 rings (SSSR count). The standard InChI is InChI=1S/C26H34F3NO3.C25H32F3NO3/c1-25(2,3)20-8-11-21(12-9-20)33-22-10-7-17-15-19(6-5-18(17)16-22)24(26(27,28)29)30-14-13-23(31)32-4;1-24(2,3)19-7-10-20(11-8-19)32-21-9-6-16-14-18(5-4-17(16)15-21)23(25(26,27)28)29-13-12-22(30)31/h5-7,10,15-16,20-21,24,30H,8-9,11-14H2,1-4H3;4-6,9,14-15,19-20,23,29H,7-8,10-13H2,1-3H3,(H,30,31). The topological polar surface area (TPSA) is 106 Å². The highest BCUT2D eigenvalue weighted by Gasteiger charge is 2.42. The molecular weight excluding hydrogens is 851 g/mol. The first kappa shape index (κ1) is 51.4. The van der Waals surface area contributed by atoms with Crippen LogP contribution in [0.1, 0.15) is 129 Å². The summed E-state index contributed by atoms with van der Waals surface area (Å²) in [5.74, 6) is 1.19. The zero-order valence-corrected chi connectivity index (χ0v) is 38.6. The predicted molar refractivity (Wildman–Crippen MR) is 242 cm³/mol. The number of fused-ring (bicyclic) bond motifs is 2. The number of esters is 1. The summed E-state index contributed by atoms with van der Waals surface area (Å²) in [5.41, 5.74) is 0.787. The minimum Gasteiger partial charge on any atom is -0.490 e. The Morgan fingerprint density at radius 2 is 0.923 bits per heavy atom. The van der Waals surface area contributed by atoms with Crippen molar-refractivity contribution in [3.8, 4) is 11.5 Å². The fourth-order valence-electron chi connectivity index (χ4n) is 9.06. The average molecular weight is 917 g/mol. The number of carboxylic acids is 1. The van der Waals surface area contributed by atoms with E-state index in [9.17, 15) is 35.9 Å². The van der Waals surface area contributed by atoms with Gasteiger partial charge in [0.15, 0.2) is 0 Å². The summed E-state index contributed by atoms with van der Waals surface area (Å²) in [4.78, 5) is 21.9. The Labute approximate surface area is 379 Å². The van der Waals surface area contributed by atoms with Crippen molar-refractivity contribution in [1.82, 2.24) is 10.6 Å². The summed E-state index contributed by atoms with van der Waals surface area (Å²) in [6, 6.07) is 16.5. The average Bonchev–Trinajstić information content (AvgIpc) is 3.22. The first-order valence-corrected chi connectivity index (χ1v) is 22.7. The zero-order chi connectivity index (χ0) is 47.7. The number of halogens is 6. The Kier molecular flexibility index (Phi) is 17.3. The second kappa shape index (κ2) is 21.8. The zero-order valence-electron chi connectivity index (χ0n) is 38.6. The van der Waals surface area contributed by atoms with Crippen LogP contribution in [0.4, 0.5) is 26.3 Å². The number of aliphatic carboxylic acids is 1. The van der Waals surface area contributed by atoms with E-state index in [0.29, 0.717) is 33.4 Å². The van der Waals surface area contributed by atoms with Gasteiger partial charge >= 0.3 is 24.3 Å². The van der Waals surface area contributed by atoms with E-state index in [4.69, 9.17) is 14.6 Å². The highest BCUT2D eigenvalue weighted by atomic mass is 19.4. The van der Waals surface area contributed by atoms with Crippen LogP contribution in [0.3, 0.4) is 0 Å². The van der Waals surface area contributed by atoms with Crippen LogP contribution in [-0.4, -0.2) is 61.8 Å². The lowest BCUT2D eigenvalue weighted by Gasteiger charge is -2.37. The maximum Gasteiger partial charge on any atom is 0.407 e. The number of hydrogen-bond acceptors (Lipinski definition) is 7. The predicted octanol–water partition coefficient (Wildman–Crippen LogP) is 13.1. The molecule has 2 aliphatic carbocycles.